The molecule has 0 bridgehead atoms. The molecule has 0 fully saturated rings. The van der Waals surface area contributed by atoms with Gasteiger partial charge in [0.1, 0.15) is 47.7 Å². The number of carbonyl (C=O) groups excluding carboxylic acids is 8. The molecular formula is C62H70N8O14. The highest BCUT2D eigenvalue weighted by Crippen LogP contribution is 2.24. The molecule has 0 aliphatic carbocycles. The predicted molar refractivity (Wildman–Crippen MR) is 311 cm³/mol. The van der Waals surface area contributed by atoms with Crippen molar-refractivity contribution in [3.05, 3.63) is 178 Å². The summed E-state index contributed by atoms with van der Waals surface area (Å²) in [6, 6.07) is 33.8. The maximum absolute atomic E-state index is 13.6. The normalized spacial score (nSPS) is 10.8. The summed E-state index contributed by atoms with van der Waals surface area (Å²) in [6.45, 7) is 16.6. The summed E-state index contributed by atoms with van der Waals surface area (Å²) in [5.74, 6) is -3.99. The second kappa shape index (κ2) is 31.2. The first-order valence-corrected chi connectivity index (χ1v) is 27.1. The Kier molecular flexibility index (Phi) is 23.4. The Morgan fingerprint density at radius 1 is 0.286 bits per heavy atom. The molecule has 6 aromatic carbocycles. The van der Waals surface area contributed by atoms with Gasteiger partial charge in [0, 0.05) is 22.3 Å². The minimum absolute atomic E-state index is 0.0334. The van der Waals surface area contributed by atoms with Gasteiger partial charge in [-0.05, 0) is 109 Å². The second-order valence-corrected chi connectivity index (χ2v) is 20.6. The van der Waals surface area contributed by atoms with E-state index in [1.54, 1.807) is 72.8 Å². The Balaban J connectivity index is 1.03. The third kappa shape index (κ3) is 19.3. The first-order valence-electron chi connectivity index (χ1n) is 27.1. The molecule has 22 heteroatoms. The van der Waals surface area contributed by atoms with Crippen LogP contribution in [0.25, 0.3) is 0 Å². The summed E-state index contributed by atoms with van der Waals surface area (Å²) in [6.07, 6.45) is 0. The highest BCUT2D eigenvalue weighted by atomic mass is 16.5. The van der Waals surface area contributed by atoms with E-state index in [-0.39, 0.29) is 118 Å². The van der Waals surface area contributed by atoms with Gasteiger partial charge in [0.15, 0.2) is 0 Å². The van der Waals surface area contributed by atoms with Crippen LogP contribution in [-0.2, 0) is 0 Å². The molecule has 0 spiro atoms. The van der Waals surface area contributed by atoms with E-state index in [9.17, 15) is 38.4 Å². The zero-order chi connectivity index (χ0) is 60.7. The minimum Gasteiger partial charge on any atom is -0.493 e. The first-order chi connectivity index (χ1) is 40.3. The van der Waals surface area contributed by atoms with Crippen LogP contribution >= 0.6 is 0 Å². The number of carbonyl (C=O) groups is 8. The lowest BCUT2D eigenvalue weighted by atomic mass is 10.1. The highest BCUT2D eigenvalue weighted by molar-refractivity contribution is 6.05. The molecule has 0 radical (unpaired) electrons. The van der Waals surface area contributed by atoms with Crippen molar-refractivity contribution < 1.29 is 66.8 Å². The van der Waals surface area contributed by atoms with Gasteiger partial charge in [-0.25, -0.2) is 0 Å². The molecule has 84 heavy (non-hydrogen) atoms. The first kappa shape index (κ1) is 63.1. The predicted octanol–water partition coefficient (Wildman–Crippen LogP) is 7.58. The number of amides is 8. The third-order valence-electron chi connectivity index (χ3n) is 11.5. The Morgan fingerprint density at radius 3 is 0.750 bits per heavy atom. The van der Waals surface area contributed by atoms with Gasteiger partial charge in [-0.2, -0.15) is 0 Å². The number of hydrazine groups is 4. The van der Waals surface area contributed by atoms with Crippen LogP contribution in [0.2, 0.25) is 0 Å². The molecule has 0 saturated carbocycles. The van der Waals surface area contributed by atoms with Crippen molar-refractivity contribution in [2.75, 3.05) is 39.6 Å². The molecule has 8 N–H and O–H groups in total. The standard InChI is InChI=1S/C62H70N8O14/c1-37(2)33-81-45-29-41(27-43(31-45)57(73)65-69-61(77)49-19-11-15-23-53(49)83-35-39(5)6)55(71)63-67-59(75)47-17-9-13-21-51(47)79-25-26-80-52-22-14-10-18-48(52)60(76)68-64-56(72)42-28-44(32-46(30-42)82-34-38(3)4)58(74)66-70-62(78)50-20-12-16-24-54(50)84-36-40(7)8/h9-24,27-32,37-40H,25-26,33-36H2,1-8H3,(H,63,71)(H,64,72)(H,65,73)(H,66,74)(H,67,75)(H,68,76)(H,69,77)(H,70,78). The average molecular weight is 1150 g/mol. The third-order valence-corrected chi connectivity index (χ3v) is 11.5. The fourth-order valence-electron chi connectivity index (χ4n) is 7.36. The van der Waals surface area contributed by atoms with E-state index in [0.717, 1.165) is 0 Å². The van der Waals surface area contributed by atoms with Gasteiger partial charge < -0.3 is 28.4 Å². The lowest BCUT2D eigenvalue weighted by molar-refractivity contribution is 0.0838. The summed E-state index contributed by atoms with van der Waals surface area (Å²) in [4.78, 5) is 107. The zero-order valence-electron chi connectivity index (χ0n) is 48.0. The molecular weight excluding hydrogens is 1080 g/mol. The van der Waals surface area contributed by atoms with E-state index in [4.69, 9.17) is 28.4 Å². The average Bonchev–Trinajstić information content (AvgIpc) is 3.51. The van der Waals surface area contributed by atoms with E-state index in [1.165, 1.54) is 60.7 Å². The monoisotopic (exact) mass is 1150 g/mol. The number of rotatable bonds is 25. The van der Waals surface area contributed by atoms with Crippen molar-refractivity contribution in [1.29, 1.82) is 0 Å². The molecule has 0 heterocycles. The van der Waals surface area contributed by atoms with Gasteiger partial charge in [0.2, 0.25) is 0 Å². The fourth-order valence-corrected chi connectivity index (χ4v) is 7.36. The molecule has 6 aromatic rings. The second-order valence-electron chi connectivity index (χ2n) is 20.6. The highest BCUT2D eigenvalue weighted by Gasteiger charge is 2.22. The van der Waals surface area contributed by atoms with E-state index in [1.807, 2.05) is 55.4 Å². The summed E-state index contributed by atoms with van der Waals surface area (Å²) in [7, 11) is 0. The Bertz CT molecular complexity index is 3090. The minimum atomic E-state index is -0.800. The largest absolute Gasteiger partial charge is 0.493 e. The Labute approximate surface area is 486 Å². The molecule has 0 saturated heterocycles. The quantitative estimate of drug-likeness (QED) is 0.0203. The van der Waals surface area contributed by atoms with E-state index in [2.05, 4.69) is 43.4 Å². The molecule has 0 aliphatic rings. The maximum atomic E-state index is 13.6. The lowest BCUT2D eigenvalue weighted by Gasteiger charge is -2.16. The molecule has 442 valence electrons. The topological polar surface area (TPSA) is 288 Å². The number of benzene rings is 6. The van der Waals surface area contributed by atoms with Crippen LogP contribution in [0, 0.1) is 23.7 Å². The molecule has 0 atom stereocenters. The van der Waals surface area contributed by atoms with Gasteiger partial charge in [-0.3, -0.25) is 81.8 Å². The number of hydrogen-bond acceptors (Lipinski definition) is 14. The molecule has 8 amide bonds. The van der Waals surface area contributed by atoms with Gasteiger partial charge in [-0.15, -0.1) is 0 Å². The van der Waals surface area contributed by atoms with Gasteiger partial charge in [0.05, 0.1) is 48.7 Å². The van der Waals surface area contributed by atoms with E-state index >= 15 is 0 Å². The van der Waals surface area contributed by atoms with Crippen molar-refractivity contribution in [2.24, 2.45) is 23.7 Å². The van der Waals surface area contributed by atoms with Crippen LogP contribution in [0.15, 0.2) is 133 Å². The number of ether oxygens (including phenoxy) is 6. The van der Waals surface area contributed by atoms with Crippen molar-refractivity contribution in [1.82, 2.24) is 43.4 Å². The molecule has 22 nitrogen and oxygen atoms in total. The maximum Gasteiger partial charge on any atom is 0.273 e. The van der Waals surface area contributed by atoms with Crippen LogP contribution in [0.3, 0.4) is 0 Å². The van der Waals surface area contributed by atoms with Gasteiger partial charge in [0.25, 0.3) is 47.3 Å². The summed E-state index contributed by atoms with van der Waals surface area (Å²) in [5, 5.41) is 0. The number of hydrogen-bond donors (Lipinski definition) is 8. The SMILES string of the molecule is CC(C)COc1cc(C(=O)NNC(=O)c2ccccc2OCCOc2ccccc2C(=O)NNC(=O)c2cc(OCC(C)C)cc(C(=O)NNC(=O)c3ccccc3OCC(C)C)c2)cc(C(=O)NNC(=O)c2ccccc2OCC(C)C)c1. The van der Waals surface area contributed by atoms with Crippen molar-refractivity contribution in [2.45, 2.75) is 55.4 Å². The van der Waals surface area contributed by atoms with Crippen molar-refractivity contribution >= 4 is 47.3 Å². The van der Waals surface area contributed by atoms with Crippen LogP contribution < -0.4 is 71.8 Å². The van der Waals surface area contributed by atoms with Crippen LogP contribution in [0.4, 0.5) is 0 Å². The van der Waals surface area contributed by atoms with E-state index in [0.29, 0.717) is 24.7 Å². The molecule has 6 rings (SSSR count). The van der Waals surface area contributed by atoms with Crippen molar-refractivity contribution in [3.8, 4) is 34.5 Å². The zero-order valence-corrected chi connectivity index (χ0v) is 48.0. The van der Waals surface area contributed by atoms with Gasteiger partial charge >= 0.3 is 0 Å². The van der Waals surface area contributed by atoms with Crippen LogP contribution in [0.1, 0.15) is 138 Å². The molecule has 0 unspecified atom stereocenters. The number of para-hydroxylation sites is 4. The summed E-state index contributed by atoms with van der Waals surface area (Å²) < 4.78 is 35.1. The molecule has 0 aromatic heterocycles. The Hall–Kier alpha value is -10.1. The lowest BCUT2D eigenvalue weighted by Crippen LogP contribution is -2.42. The van der Waals surface area contributed by atoms with Gasteiger partial charge in [-0.1, -0.05) is 104 Å². The number of nitrogens with one attached hydrogen (secondary N) is 8. The smallest absolute Gasteiger partial charge is 0.273 e. The van der Waals surface area contributed by atoms with Crippen molar-refractivity contribution in [3.63, 3.8) is 0 Å². The molecule has 0 aliphatic heterocycles. The Morgan fingerprint density at radius 2 is 0.500 bits per heavy atom. The summed E-state index contributed by atoms with van der Waals surface area (Å²) in [5.41, 5.74) is 19.3. The van der Waals surface area contributed by atoms with E-state index < -0.39 is 47.3 Å². The van der Waals surface area contributed by atoms with Crippen LogP contribution in [0.5, 0.6) is 34.5 Å². The summed E-state index contributed by atoms with van der Waals surface area (Å²) >= 11 is 0. The van der Waals surface area contributed by atoms with Crippen LogP contribution in [-0.4, -0.2) is 86.9 Å². The fraction of sp³-hybridized carbons (Fsp3) is 0.290.